The molecule has 4 rings (SSSR count). The second kappa shape index (κ2) is 5.49. The van der Waals surface area contributed by atoms with E-state index < -0.39 is 0 Å². The molecule has 7 heteroatoms. The number of rotatable bonds is 2. The number of amides is 1. The summed E-state index contributed by atoms with van der Waals surface area (Å²) in [6.45, 7) is 0.635. The first kappa shape index (κ1) is 13.9. The lowest BCUT2D eigenvalue weighted by molar-refractivity contribution is 0.0569. The Balaban J connectivity index is 1.70. The molecule has 1 aromatic carbocycles. The lowest BCUT2D eigenvalue weighted by Gasteiger charge is -2.33. The predicted octanol–water partition coefficient (Wildman–Crippen LogP) is 3.06. The molecule has 0 radical (unpaired) electrons. The van der Waals surface area contributed by atoms with Crippen LogP contribution < -0.4 is 0 Å². The van der Waals surface area contributed by atoms with E-state index in [-0.39, 0.29) is 23.5 Å². The number of piperidine rings is 1. The smallest absolute Gasteiger partial charge is 0.291 e. The minimum absolute atomic E-state index is 0.170. The number of benzene rings is 1. The molecule has 3 aromatic rings. The molecular formula is C16H15FN4O2. The van der Waals surface area contributed by atoms with Crippen LogP contribution in [0.4, 0.5) is 4.39 Å². The van der Waals surface area contributed by atoms with E-state index in [9.17, 15) is 9.18 Å². The van der Waals surface area contributed by atoms with Crippen LogP contribution >= 0.6 is 0 Å². The quantitative estimate of drug-likeness (QED) is 0.789. The molecular weight excluding hydrogens is 299 g/mol. The number of aromatic nitrogens is 3. The average Bonchev–Trinajstić information content (AvgIpc) is 3.23. The third kappa shape index (κ3) is 2.48. The molecule has 6 nitrogen and oxygen atoms in total. The summed E-state index contributed by atoms with van der Waals surface area (Å²) < 4.78 is 18.5. The number of hydrogen-bond donors (Lipinski definition) is 1. The number of nitrogens with zero attached hydrogens (tertiary/aromatic N) is 3. The zero-order valence-electron chi connectivity index (χ0n) is 12.3. The van der Waals surface area contributed by atoms with Gasteiger partial charge in [0.1, 0.15) is 11.6 Å². The van der Waals surface area contributed by atoms with Gasteiger partial charge in [-0.2, -0.15) is 0 Å². The van der Waals surface area contributed by atoms with Gasteiger partial charge >= 0.3 is 0 Å². The van der Waals surface area contributed by atoms with Crippen molar-refractivity contribution in [2.24, 2.45) is 0 Å². The summed E-state index contributed by atoms with van der Waals surface area (Å²) in [5.41, 5.74) is 1.33. The van der Waals surface area contributed by atoms with Crippen molar-refractivity contribution in [3.8, 4) is 0 Å². The number of aromatic amines is 1. The Morgan fingerprint density at radius 2 is 2.30 bits per heavy atom. The number of hydrogen-bond acceptors (Lipinski definition) is 4. The molecule has 23 heavy (non-hydrogen) atoms. The highest BCUT2D eigenvalue weighted by Crippen LogP contribution is 2.31. The van der Waals surface area contributed by atoms with Crippen molar-refractivity contribution in [3.05, 3.63) is 48.2 Å². The van der Waals surface area contributed by atoms with Crippen LogP contribution in [-0.4, -0.2) is 32.3 Å². The molecule has 1 aliphatic rings. The monoisotopic (exact) mass is 314 g/mol. The van der Waals surface area contributed by atoms with Gasteiger partial charge in [-0.05, 0) is 37.5 Å². The highest BCUT2D eigenvalue weighted by Gasteiger charge is 2.32. The van der Waals surface area contributed by atoms with E-state index in [1.807, 2.05) is 0 Å². The molecule has 0 unspecified atom stereocenters. The number of imidazole rings is 1. The highest BCUT2D eigenvalue weighted by atomic mass is 19.1. The van der Waals surface area contributed by atoms with Crippen LogP contribution in [0.5, 0.6) is 0 Å². The Hall–Kier alpha value is -2.70. The van der Waals surface area contributed by atoms with Gasteiger partial charge in [0, 0.05) is 6.54 Å². The first-order valence-corrected chi connectivity index (χ1v) is 7.57. The number of oxazole rings is 1. The summed E-state index contributed by atoms with van der Waals surface area (Å²) in [5, 5.41) is 0. The normalized spacial score (nSPS) is 18.5. The summed E-state index contributed by atoms with van der Waals surface area (Å²) in [5.74, 6) is 0.391. The molecule has 1 aliphatic heterocycles. The van der Waals surface area contributed by atoms with Crippen molar-refractivity contribution in [1.29, 1.82) is 0 Å². The Morgan fingerprint density at radius 1 is 1.39 bits per heavy atom. The number of H-pyrrole nitrogens is 1. The number of nitrogens with one attached hydrogen (secondary N) is 1. The van der Waals surface area contributed by atoms with Crippen LogP contribution in [0.15, 0.2) is 35.2 Å². The number of halogens is 1. The molecule has 0 aliphatic carbocycles. The SMILES string of the molecule is O=C(c1cnco1)N1CCCC[C@@H]1c1nc2ccc(F)cc2[nH]1. The van der Waals surface area contributed by atoms with Gasteiger partial charge in [0.05, 0.1) is 23.3 Å². The minimum atomic E-state index is -0.314. The van der Waals surface area contributed by atoms with Crippen molar-refractivity contribution in [2.75, 3.05) is 6.54 Å². The lowest BCUT2D eigenvalue weighted by Crippen LogP contribution is -2.38. The summed E-state index contributed by atoms with van der Waals surface area (Å²) in [6, 6.07) is 4.26. The maximum Gasteiger partial charge on any atom is 0.291 e. The second-order valence-corrected chi connectivity index (χ2v) is 5.66. The van der Waals surface area contributed by atoms with Crippen molar-refractivity contribution in [1.82, 2.24) is 19.9 Å². The molecule has 2 aromatic heterocycles. The molecule has 1 saturated heterocycles. The van der Waals surface area contributed by atoms with Crippen molar-refractivity contribution in [2.45, 2.75) is 25.3 Å². The Bertz CT molecular complexity index is 843. The molecule has 0 bridgehead atoms. The zero-order chi connectivity index (χ0) is 15.8. The topological polar surface area (TPSA) is 75.0 Å². The molecule has 118 valence electrons. The van der Waals surface area contributed by atoms with Gasteiger partial charge in [0.2, 0.25) is 5.76 Å². The fourth-order valence-corrected chi connectivity index (χ4v) is 3.08. The van der Waals surface area contributed by atoms with Gasteiger partial charge in [-0.1, -0.05) is 0 Å². The van der Waals surface area contributed by atoms with Crippen LogP contribution in [-0.2, 0) is 0 Å². The molecule has 1 N–H and O–H groups in total. The molecule has 3 heterocycles. The van der Waals surface area contributed by atoms with E-state index >= 15 is 0 Å². The van der Waals surface area contributed by atoms with Gasteiger partial charge in [0.25, 0.3) is 5.91 Å². The van der Waals surface area contributed by atoms with Gasteiger partial charge < -0.3 is 14.3 Å². The fraction of sp³-hybridized carbons (Fsp3) is 0.312. The Kier molecular flexibility index (Phi) is 3.33. The van der Waals surface area contributed by atoms with E-state index in [4.69, 9.17) is 4.42 Å². The summed E-state index contributed by atoms with van der Waals surface area (Å²) in [7, 11) is 0. The molecule has 1 amide bonds. The van der Waals surface area contributed by atoms with Gasteiger partial charge in [-0.25, -0.2) is 14.4 Å². The summed E-state index contributed by atoms with van der Waals surface area (Å²) in [4.78, 5) is 25.8. The number of fused-ring (bicyclic) bond motifs is 1. The van der Waals surface area contributed by atoms with E-state index in [1.54, 1.807) is 11.0 Å². The maximum atomic E-state index is 13.3. The van der Waals surface area contributed by atoms with Crippen LogP contribution in [0.1, 0.15) is 41.7 Å². The van der Waals surface area contributed by atoms with Crippen molar-refractivity contribution < 1.29 is 13.6 Å². The number of likely N-dealkylation sites (tertiary alicyclic amines) is 1. The lowest BCUT2D eigenvalue weighted by atomic mass is 10.0. The maximum absolute atomic E-state index is 13.3. The zero-order valence-corrected chi connectivity index (χ0v) is 12.3. The molecule has 1 atom stereocenters. The second-order valence-electron chi connectivity index (χ2n) is 5.66. The third-order valence-corrected chi connectivity index (χ3v) is 4.18. The van der Waals surface area contributed by atoms with E-state index in [0.717, 1.165) is 19.3 Å². The van der Waals surface area contributed by atoms with Crippen molar-refractivity contribution >= 4 is 16.9 Å². The van der Waals surface area contributed by atoms with Crippen LogP contribution in [0.3, 0.4) is 0 Å². The first-order valence-electron chi connectivity index (χ1n) is 7.57. The third-order valence-electron chi connectivity index (χ3n) is 4.18. The summed E-state index contributed by atoms with van der Waals surface area (Å²) >= 11 is 0. The van der Waals surface area contributed by atoms with Crippen LogP contribution in [0.25, 0.3) is 11.0 Å². The average molecular weight is 314 g/mol. The van der Waals surface area contributed by atoms with Crippen molar-refractivity contribution in [3.63, 3.8) is 0 Å². The number of carbonyl (C=O) groups is 1. The minimum Gasteiger partial charge on any atom is -0.438 e. The van der Waals surface area contributed by atoms with E-state index in [2.05, 4.69) is 15.0 Å². The standard InChI is InChI=1S/C16H15FN4O2/c17-10-4-5-11-12(7-10)20-15(19-11)13-3-1-2-6-21(13)16(22)14-8-18-9-23-14/h4-5,7-9,13H,1-3,6H2,(H,19,20)/t13-/m1/s1. The van der Waals surface area contributed by atoms with Gasteiger partial charge in [0.15, 0.2) is 6.39 Å². The highest BCUT2D eigenvalue weighted by molar-refractivity contribution is 5.91. The molecule has 0 saturated carbocycles. The Morgan fingerprint density at radius 3 is 3.13 bits per heavy atom. The molecule has 0 spiro atoms. The Labute approximate surface area is 131 Å². The van der Waals surface area contributed by atoms with E-state index in [1.165, 1.54) is 24.7 Å². The fourth-order valence-electron chi connectivity index (χ4n) is 3.08. The first-order chi connectivity index (χ1) is 11.2. The largest absolute Gasteiger partial charge is 0.438 e. The van der Waals surface area contributed by atoms with Crippen LogP contribution in [0, 0.1) is 5.82 Å². The summed E-state index contributed by atoms with van der Waals surface area (Å²) in [6.07, 6.45) is 5.42. The van der Waals surface area contributed by atoms with Gasteiger partial charge in [-0.15, -0.1) is 0 Å². The van der Waals surface area contributed by atoms with E-state index in [0.29, 0.717) is 23.4 Å². The number of carbonyl (C=O) groups excluding carboxylic acids is 1. The van der Waals surface area contributed by atoms with Crippen LogP contribution in [0.2, 0.25) is 0 Å². The molecule has 1 fully saturated rings. The van der Waals surface area contributed by atoms with Gasteiger partial charge in [-0.3, -0.25) is 4.79 Å². The predicted molar refractivity (Wildman–Crippen MR) is 80.2 cm³/mol.